The van der Waals surface area contributed by atoms with Crippen LogP contribution in [0.3, 0.4) is 0 Å². The van der Waals surface area contributed by atoms with Gasteiger partial charge in [0, 0.05) is 27.3 Å². The number of halogens is 1. The molecule has 0 spiro atoms. The second kappa shape index (κ2) is 6.86. The van der Waals surface area contributed by atoms with Gasteiger partial charge in [-0.3, -0.25) is 9.69 Å². The van der Waals surface area contributed by atoms with Gasteiger partial charge in [-0.05, 0) is 41.9 Å². The highest BCUT2D eigenvalue weighted by atomic mass is 79.9. The Kier molecular flexibility index (Phi) is 5.42. The Bertz CT molecular complexity index is 435. The SMILES string of the molecule is CN(Cc1cc(Br)cs1)C1CCCCCC1C(=O)O. The molecule has 2 rings (SSSR count). The van der Waals surface area contributed by atoms with Gasteiger partial charge in [0.2, 0.25) is 0 Å². The van der Waals surface area contributed by atoms with E-state index in [-0.39, 0.29) is 12.0 Å². The fourth-order valence-electron chi connectivity index (χ4n) is 2.90. The monoisotopic (exact) mass is 345 g/mol. The van der Waals surface area contributed by atoms with E-state index >= 15 is 0 Å². The maximum atomic E-state index is 11.4. The van der Waals surface area contributed by atoms with Crippen molar-refractivity contribution in [3.63, 3.8) is 0 Å². The molecular formula is C14H20BrNO2S. The van der Waals surface area contributed by atoms with Crippen molar-refractivity contribution in [3.8, 4) is 0 Å². The van der Waals surface area contributed by atoms with E-state index in [1.165, 1.54) is 11.3 Å². The lowest BCUT2D eigenvalue weighted by atomic mass is 9.93. The molecule has 2 unspecified atom stereocenters. The van der Waals surface area contributed by atoms with Gasteiger partial charge in [-0.2, -0.15) is 0 Å². The van der Waals surface area contributed by atoms with Gasteiger partial charge in [-0.15, -0.1) is 11.3 Å². The molecule has 2 atom stereocenters. The molecule has 3 nitrogen and oxygen atoms in total. The maximum Gasteiger partial charge on any atom is 0.308 e. The first-order valence-corrected chi connectivity index (χ1v) is 8.41. The molecule has 1 aromatic rings. The fraction of sp³-hybridized carbons (Fsp3) is 0.643. The highest BCUT2D eigenvalue weighted by molar-refractivity contribution is 9.10. The van der Waals surface area contributed by atoms with Crippen molar-refractivity contribution in [2.24, 2.45) is 5.92 Å². The Balaban J connectivity index is 2.05. The normalized spacial score (nSPS) is 24.4. The van der Waals surface area contributed by atoms with Gasteiger partial charge in [0.25, 0.3) is 0 Å². The molecule has 0 amide bonds. The van der Waals surface area contributed by atoms with Crippen molar-refractivity contribution in [2.75, 3.05) is 7.05 Å². The standard InChI is InChI=1S/C14H20BrNO2S/c1-16(8-11-7-10(15)9-19-11)13-6-4-2-3-5-12(13)14(17)18/h7,9,12-13H,2-6,8H2,1H3,(H,17,18). The van der Waals surface area contributed by atoms with E-state index in [1.807, 2.05) is 0 Å². The number of thiophene rings is 1. The smallest absolute Gasteiger partial charge is 0.308 e. The van der Waals surface area contributed by atoms with E-state index in [0.717, 1.165) is 36.7 Å². The van der Waals surface area contributed by atoms with E-state index in [4.69, 9.17) is 0 Å². The molecule has 1 aromatic heterocycles. The van der Waals surface area contributed by atoms with Gasteiger partial charge in [0.05, 0.1) is 5.92 Å². The molecule has 1 heterocycles. The third-order valence-corrected chi connectivity index (χ3v) is 5.57. The van der Waals surface area contributed by atoms with Crippen LogP contribution in [0.5, 0.6) is 0 Å². The lowest BCUT2D eigenvalue weighted by Gasteiger charge is -2.31. The largest absolute Gasteiger partial charge is 0.481 e. The second-order valence-electron chi connectivity index (χ2n) is 5.30. The Morgan fingerprint density at radius 2 is 2.21 bits per heavy atom. The summed E-state index contributed by atoms with van der Waals surface area (Å²) in [5.74, 6) is -0.845. The molecule has 0 radical (unpaired) electrons. The molecular weight excluding hydrogens is 326 g/mol. The van der Waals surface area contributed by atoms with Gasteiger partial charge in [0.15, 0.2) is 0 Å². The highest BCUT2D eigenvalue weighted by Gasteiger charge is 2.32. The van der Waals surface area contributed by atoms with Gasteiger partial charge in [-0.25, -0.2) is 0 Å². The Labute approximate surface area is 126 Å². The van der Waals surface area contributed by atoms with Crippen LogP contribution in [0.15, 0.2) is 15.9 Å². The van der Waals surface area contributed by atoms with Crippen LogP contribution in [0.1, 0.15) is 37.0 Å². The first-order chi connectivity index (χ1) is 9.08. The van der Waals surface area contributed by atoms with Crippen LogP contribution < -0.4 is 0 Å². The Morgan fingerprint density at radius 3 is 2.84 bits per heavy atom. The molecule has 1 N–H and O–H groups in total. The van der Waals surface area contributed by atoms with Crippen LogP contribution in [-0.2, 0) is 11.3 Å². The zero-order valence-electron chi connectivity index (χ0n) is 11.1. The van der Waals surface area contributed by atoms with E-state index in [2.05, 4.69) is 39.3 Å². The predicted molar refractivity (Wildman–Crippen MR) is 81.5 cm³/mol. The fourth-order valence-corrected chi connectivity index (χ4v) is 4.42. The summed E-state index contributed by atoms with van der Waals surface area (Å²) in [7, 11) is 2.06. The van der Waals surface area contributed by atoms with Gasteiger partial charge >= 0.3 is 5.97 Å². The predicted octanol–water partition coefficient (Wildman–Crippen LogP) is 3.98. The lowest BCUT2D eigenvalue weighted by Crippen LogP contribution is -2.40. The summed E-state index contributed by atoms with van der Waals surface area (Å²) in [4.78, 5) is 15.0. The Morgan fingerprint density at radius 1 is 1.47 bits per heavy atom. The van der Waals surface area contributed by atoms with Crippen molar-refractivity contribution in [3.05, 3.63) is 20.8 Å². The van der Waals surface area contributed by atoms with Crippen LogP contribution in [0.4, 0.5) is 0 Å². The molecule has 1 aliphatic rings. The lowest BCUT2D eigenvalue weighted by molar-refractivity contribution is -0.144. The average molecular weight is 346 g/mol. The van der Waals surface area contributed by atoms with E-state index in [1.54, 1.807) is 11.3 Å². The van der Waals surface area contributed by atoms with Crippen molar-refractivity contribution >= 4 is 33.2 Å². The number of carboxylic acids is 1. The van der Waals surface area contributed by atoms with Crippen molar-refractivity contribution < 1.29 is 9.90 Å². The summed E-state index contributed by atoms with van der Waals surface area (Å²) in [6.07, 6.45) is 5.18. The van der Waals surface area contributed by atoms with E-state index in [9.17, 15) is 9.90 Å². The summed E-state index contributed by atoms with van der Waals surface area (Å²) in [5.41, 5.74) is 0. The topological polar surface area (TPSA) is 40.5 Å². The number of rotatable bonds is 4. The average Bonchev–Trinajstić information content (AvgIpc) is 2.65. The molecule has 0 bridgehead atoms. The second-order valence-corrected chi connectivity index (χ2v) is 7.21. The first kappa shape index (κ1) is 15.0. The molecule has 0 saturated heterocycles. The minimum Gasteiger partial charge on any atom is -0.481 e. The van der Waals surface area contributed by atoms with Crippen LogP contribution in [0.2, 0.25) is 0 Å². The highest BCUT2D eigenvalue weighted by Crippen LogP contribution is 2.29. The van der Waals surface area contributed by atoms with Crippen LogP contribution in [0, 0.1) is 5.92 Å². The molecule has 0 aromatic carbocycles. The number of aliphatic carboxylic acids is 1. The van der Waals surface area contributed by atoms with Gasteiger partial charge in [-0.1, -0.05) is 19.3 Å². The zero-order valence-corrected chi connectivity index (χ0v) is 13.5. The third-order valence-electron chi connectivity index (χ3n) is 3.89. The minimum atomic E-state index is -0.633. The first-order valence-electron chi connectivity index (χ1n) is 6.74. The van der Waals surface area contributed by atoms with Crippen LogP contribution in [-0.4, -0.2) is 29.1 Å². The van der Waals surface area contributed by atoms with E-state index in [0.29, 0.717) is 0 Å². The number of carbonyl (C=O) groups is 1. The zero-order chi connectivity index (χ0) is 13.8. The van der Waals surface area contributed by atoms with Gasteiger partial charge in [0.1, 0.15) is 0 Å². The summed E-state index contributed by atoms with van der Waals surface area (Å²) in [6, 6.07) is 2.29. The summed E-state index contributed by atoms with van der Waals surface area (Å²) >= 11 is 5.18. The molecule has 5 heteroatoms. The summed E-state index contributed by atoms with van der Waals surface area (Å²) < 4.78 is 1.11. The molecule has 1 fully saturated rings. The maximum absolute atomic E-state index is 11.4. The number of hydrogen-bond acceptors (Lipinski definition) is 3. The molecule has 1 aliphatic carbocycles. The molecule has 1 saturated carbocycles. The van der Waals surface area contributed by atoms with Crippen LogP contribution >= 0.6 is 27.3 Å². The number of nitrogens with zero attached hydrogens (tertiary/aromatic N) is 1. The number of hydrogen-bond donors (Lipinski definition) is 1. The van der Waals surface area contributed by atoms with Gasteiger partial charge < -0.3 is 5.11 Å². The summed E-state index contributed by atoms with van der Waals surface area (Å²) in [5, 5.41) is 11.5. The third kappa shape index (κ3) is 4.04. The van der Waals surface area contributed by atoms with E-state index < -0.39 is 5.97 Å². The summed E-state index contributed by atoms with van der Waals surface area (Å²) in [6.45, 7) is 0.838. The molecule has 106 valence electrons. The quantitative estimate of drug-likeness (QED) is 0.839. The van der Waals surface area contributed by atoms with Crippen molar-refractivity contribution in [1.29, 1.82) is 0 Å². The number of carboxylic acid groups (broad SMARTS) is 1. The molecule has 0 aliphatic heterocycles. The molecule has 19 heavy (non-hydrogen) atoms. The van der Waals surface area contributed by atoms with Crippen molar-refractivity contribution in [2.45, 2.75) is 44.7 Å². The van der Waals surface area contributed by atoms with Crippen LogP contribution in [0.25, 0.3) is 0 Å². The minimum absolute atomic E-state index is 0.167. The Hall–Kier alpha value is -0.390. The van der Waals surface area contributed by atoms with Crippen molar-refractivity contribution in [1.82, 2.24) is 4.90 Å².